The van der Waals surface area contributed by atoms with Crippen molar-refractivity contribution in [3.05, 3.63) is 35.4 Å². The van der Waals surface area contributed by atoms with Gasteiger partial charge in [-0.05, 0) is 26.3 Å². The summed E-state index contributed by atoms with van der Waals surface area (Å²) in [7, 11) is 2.95. The Kier molecular flexibility index (Phi) is 6.95. The molecule has 1 amide bonds. The van der Waals surface area contributed by atoms with Crippen LogP contribution in [0.4, 0.5) is 4.79 Å². The van der Waals surface area contributed by atoms with Crippen LogP contribution in [-0.2, 0) is 20.8 Å². The number of ketones is 1. The Bertz CT molecular complexity index is 586. The van der Waals surface area contributed by atoms with Crippen LogP contribution in [-0.4, -0.2) is 42.5 Å². The molecule has 6 heteroatoms. The summed E-state index contributed by atoms with van der Waals surface area (Å²) in [6.07, 6.45) is -0.219. The summed E-state index contributed by atoms with van der Waals surface area (Å²) >= 11 is 0. The molecule has 24 heavy (non-hydrogen) atoms. The molecule has 0 aliphatic carbocycles. The second-order valence-corrected chi connectivity index (χ2v) is 6.53. The van der Waals surface area contributed by atoms with Gasteiger partial charge in [0.2, 0.25) is 0 Å². The molecule has 0 aromatic heterocycles. The summed E-state index contributed by atoms with van der Waals surface area (Å²) in [5.41, 5.74) is 0.872. The molecular formula is C18H25NO5. The molecule has 1 aromatic carbocycles. The Labute approximate surface area is 142 Å². The Morgan fingerprint density at radius 2 is 1.62 bits per heavy atom. The van der Waals surface area contributed by atoms with Crippen LogP contribution in [0, 0.1) is 0 Å². The van der Waals surface area contributed by atoms with E-state index in [1.807, 2.05) is 20.8 Å². The Hall–Kier alpha value is -2.37. The number of nitrogens with zero attached hydrogens (tertiary/aromatic N) is 1. The van der Waals surface area contributed by atoms with Gasteiger partial charge in [-0.25, -0.2) is 4.79 Å². The highest BCUT2D eigenvalue weighted by Gasteiger charge is 2.19. The number of rotatable bonds is 6. The lowest BCUT2D eigenvalue weighted by molar-refractivity contribution is -0.140. The second kappa shape index (κ2) is 8.47. The molecule has 0 spiro atoms. The number of benzene rings is 1. The number of carbonyl (C=O) groups is 3. The predicted octanol–water partition coefficient (Wildman–Crippen LogP) is 3.19. The van der Waals surface area contributed by atoms with Crippen LogP contribution in [0.15, 0.2) is 24.3 Å². The van der Waals surface area contributed by atoms with Crippen LogP contribution in [0.2, 0.25) is 0 Å². The van der Waals surface area contributed by atoms with Crippen LogP contribution in [0.1, 0.15) is 49.5 Å². The maximum atomic E-state index is 12.0. The second-order valence-electron chi connectivity index (χ2n) is 6.53. The van der Waals surface area contributed by atoms with E-state index >= 15 is 0 Å². The van der Waals surface area contributed by atoms with Gasteiger partial charge in [0.15, 0.2) is 5.78 Å². The molecule has 0 fully saturated rings. The van der Waals surface area contributed by atoms with Crippen molar-refractivity contribution in [2.24, 2.45) is 0 Å². The van der Waals surface area contributed by atoms with E-state index < -0.39 is 17.7 Å². The van der Waals surface area contributed by atoms with E-state index in [1.54, 1.807) is 31.3 Å². The van der Waals surface area contributed by atoms with Gasteiger partial charge in [0, 0.05) is 25.6 Å². The van der Waals surface area contributed by atoms with Gasteiger partial charge >= 0.3 is 12.1 Å². The van der Waals surface area contributed by atoms with Gasteiger partial charge in [-0.2, -0.15) is 0 Å². The highest BCUT2D eigenvalue weighted by atomic mass is 16.6. The zero-order chi connectivity index (χ0) is 18.3. The van der Waals surface area contributed by atoms with Crippen molar-refractivity contribution in [3.63, 3.8) is 0 Å². The van der Waals surface area contributed by atoms with Crippen molar-refractivity contribution in [1.29, 1.82) is 0 Å². The first-order valence-corrected chi connectivity index (χ1v) is 7.75. The Morgan fingerprint density at radius 1 is 1.04 bits per heavy atom. The van der Waals surface area contributed by atoms with E-state index in [0.717, 1.165) is 5.56 Å². The van der Waals surface area contributed by atoms with E-state index in [1.165, 1.54) is 12.0 Å². The maximum Gasteiger partial charge on any atom is 0.410 e. The summed E-state index contributed by atoms with van der Waals surface area (Å²) in [5.74, 6) is -0.522. The van der Waals surface area contributed by atoms with E-state index in [4.69, 9.17) is 4.74 Å². The molecule has 1 aromatic rings. The van der Waals surface area contributed by atoms with Gasteiger partial charge in [-0.1, -0.05) is 24.3 Å². The normalized spacial score (nSPS) is 10.9. The highest BCUT2D eigenvalue weighted by molar-refractivity contribution is 5.97. The number of esters is 1. The summed E-state index contributed by atoms with van der Waals surface area (Å²) in [6, 6.07) is 6.95. The van der Waals surface area contributed by atoms with Crippen molar-refractivity contribution in [2.75, 3.05) is 14.2 Å². The summed E-state index contributed by atoms with van der Waals surface area (Å²) in [4.78, 5) is 36.4. The quantitative estimate of drug-likeness (QED) is 0.590. The third kappa shape index (κ3) is 6.81. The fourth-order valence-electron chi connectivity index (χ4n) is 1.94. The molecule has 0 bridgehead atoms. The minimum absolute atomic E-state index is 0.0679. The molecule has 1 rings (SSSR count). The first kappa shape index (κ1) is 19.7. The molecule has 132 valence electrons. The molecule has 0 N–H and O–H groups in total. The molecule has 0 saturated carbocycles. The third-order valence-electron chi connectivity index (χ3n) is 3.18. The Morgan fingerprint density at radius 3 is 2.12 bits per heavy atom. The van der Waals surface area contributed by atoms with Gasteiger partial charge in [-0.15, -0.1) is 0 Å². The lowest BCUT2D eigenvalue weighted by atomic mass is 10.0. The first-order valence-electron chi connectivity index (χ1n) is 7.75. The summed E-state index contributed by atoms with van der Waals surface area (Å²) in [5, 5.41) is 0. The van der Waals surface area contributed by atoms with Crippen LogP contribution in [0.5, 0.6) is 0 Å². The molecule has 6 nitrogen and oxygen atoms in total. The van der Waals surface area contributed by atoms with Crippen molar-refractivity contribution in [3.8, 4) is 0 Å². The number of Topliss-reactive ketones (excluding diaryl/α,β-unsaturated/α-hetero) is 1. The first-order chi connectivity index (χ1) is 11.1. The van der Waals surface area contributed by atoms with Crippen molar-refractivity contribution < 1.29 is 23.9 Å². The molecule has 0 radical (unpaired) electrons. The predicted molar refractivity (Wildman–Crippen MR) is 89.7 cm³/mol. The monoisotopic (exact) mass is 335 g/mol. The van der Waals surface area contributed by atoms with Gasteiger partial charge in [0.1, 0.15) is 5.60 Å². The highest BCUT2D eigenvalue weighted by Crippen LogP contribution is 2.13. The molecule has 0 saturated heterocycles. The SMILES string of the molecule is COC(=O)CCC(=O)c1ccc(CN(C)C(=O)OC(C)(C)C)cc1. The largest absolute Gasteiger partial charge is 0.469 e. The van der Waals surface area contributed by atoms with Gasteiger partial charge in [-0.3, -0.25) is 9.59 Å². The van der Waals surface area contributed by atoms with Crippen LogP contribution in [0.3, 0.4) is 0 Å². The van der Waals surface area contributed by atoms with Crippen LogP contribution >= 0.6 is 0 Å². The average Bonchev–Trinajstić information content (AvgIpc) is 2.51. The van der Waals surface area contributed by atoms with E-state index in [0.29, 0.717) is 12.1 Å². The Balaban J connectivity index is 2.59. The average molecular weight is 335 g/mol. The minimum Gasteiger partial charge on any atom is -0.469 e. The summed E-state index contributed by atoms with van der Waals surface area (Å²) in [6.45, 7) is 5.82. The number of hydrogen-bond donors (Lipinski definition) is 0. The van der Waals surface area contributed by atoms with Crippen molar-refractivity contribution >= 4 is 17.8 Å². The number of amides is 1. The van der Waals surface area contributed by atoms with Gasteiger partial charge in [0.05, 0.1) is 13.5 Å². The molecular weight excluding hydrogens is 310 g/mol. The maximum absolute atomic E-state index is 12.0. The molecule has 0 unspecified atom stereocenters. The lowest BCUT2D eigenvalue weighted by Gasteiger charge is -2.24. The minimum atomic E-state index is -0.540. The van der Waals surface area contributed by atoms with Crippen molar-refractivity contribution in [1.82, 2.24) is 4.90 Å². The molecule has 0 heterocycles. The molecule has 0 aliphatic heterocycles. The number of carbonyl (C=O) groups excluding carboxylic acids is 3. The molecule has 0 aliphatic rings. The van der Waals surface area contributed by atoms with Crippen molar-refractivity contribution in [2.45, 2.75) is 45.8 Å². The lowest BCUT2D eigenvalue weighted by Crippen LogP contribution is -2.33. The van der Waals surface area contributed by atoms with Crippen LogP contribution < -0.4 is 0 Å². The standard InChI is InChI=1S/C18H25NO5/c1-18(2,3)24-17(22)19(4)12-13-6-8-14(9-7-13)15(20)10-11-16(21)23-5/h6-9H,10-12H2,1-5H3. The van der Waals surface area contributed by atoms with E-state index in [9.17, 15) is 14.4 Å². The number of methoxy groups -OCH3 is 1. The number of ether oxygens (including phenoxy) is 2. The topological polar surface area (TPSA) is 72.9 Å². The summed E-state index contributed by atoms with van der Waals surface area (Å²) < 4.78 is 9.80. The smallest absolute Gasteiger partial charge is 0.410 e. The van der Waals surface area contributed by atoms with E-state index in [-0.39, 0.29) is 18.6 Å². The molecule has 0 atom stereocenters. The fourth-order valence-corrected chi connectivity index (χ4v) is 1.94. The zero-order valence-electron chi connectivity index (χ0n) is 14.9. The van der Waals surface area contributed by atoms with Gasteiger partial charge < -0.3 is 14.4 Å². The van der Waals surface area contributed by atoms with Crippen LogP contribution in [0.25, 0.3) is 0 Å². The van der Waals surface area contributed by atoms with Gasteiger partial charge in [0.25, 0.3) is 0 Å². The zero-order valence-corrected chi connectivity index (χ0v) is 14.9. The third-order valence-corrected chi connectivity index (χ3v) is 3.18. The fraction of sp³-hybridized carbons (Fsp3) is 0.500. The number of hydrogen-bond acceptors (Lipinski definition) is 5. The van der Waals surface area contributed by atoms with E-state index in [2.05, 4.69) is 4.74 Å².